The zero-order chi connectivity index (χ0) is 11.4. The van der Waals surface area contributed by atoms with Gasteiger partial charge in [-0.05, 0) is 43.7 Å². The van der Waals surface area contributed by atoms with Gasteiger partial charge in [0.15, 0.2) is 0 Å². The molecule has 0 saturated heterocycles. The molecule has 2 rings (SSSR count). The fourth-order valence-corrected chi connectivity index (χ4v) is 1.52. The monoisotopic (exact) mass is 211 g/mol. The van der Waals surface area contributed by atoms with Crippen molar-refractivity contribution in [1.82, 2.24) is 4.98 Å². The number of hydrogen-bond donors (Lipinski definition) is 1. The molecule has 2 nitrogen and oxygen atoms in total. The summed E-state index contributed by atoms with van der Waals surface area (Å²) >= 11 is 0. The van der Waals surface area contributed by atoms with Gasteiger partial charge in [-0.15, -0.1) is 0 Å². The maximum Gasteiger partial charge on any atom is 0.126 e. The van der Waals surface area contributed by atoms with Crippen LogP contribution in [0.25, 0.3) is 11.1 Å². The van der Waals surface area contributed by atoms with Crippen LogP contribution in [0.4, 0.5) is 5.82 Å². The molecule has 2 aromatic rings. The van der Waals surface area contributed by atoms with Gasteiger partial charge in [-0.1, -0.05) is 18.2 Å². The number of hydrogen-bond acceptors (Lipinski definition) is 2. The van der Waals surface area contributed by atoms with Gasteiger partial charge in [-0.2, -0.15) is 0 Å². The number of nitrogens with zero attached hydrogens (tertiary/aromatic N) is 1. The SMILES string of the molecule is CC(C)Nc1ccc(-c2c[c]ccc2)cn1. The molecule has 0 aliphatic rings. The van der Waals surface area contributed by atoms with Crippen LogP contribution in [0.3, 0.4) is 0 Å². The third-order valence-electron chi connectivity index (χ3n) is 2.24. The second-order valence-corrected chi connectivity index (χ2v) is 4.02. The predicted octanol–water partition coefficient (Wildman–Crippen LogP) is 3.37. The Morgan fingerprint density at radius 2 is 2.06 bits per heavy atom. The first-order valence-electron chi connectivity index (χ1n) is 5.45. The van der Waals surface area contributed by atoms with E-state index in [-0.39, 0.29) is 0 Å². The second kappa shape index (κ2) is 4.79. The summed E-state index contributed by atoms with van der Waals surface area (Å²) in [5.41, 5.74) is 2.26. The summed E-state index contributed by atoms with van der Waals surface area (Å²) in [4.78, 5) is 4.37. The molecular weight excluding hydrogens is 196 g/mol. The molecule has 16 heavy (non-hydrogen) atoms. The maximum absolute atomic E-state index is 4.37. The quantitative estimate of drug-likeness (QED) is 0.842. The Labute approximate surface area is 96.4 Å². The average molecular weight is 211 g/mol. The summed E-state index contributed by atoms with van der Waals surface area (Å²) in [6.45, 7) is 4.20. The van der Waals surface area contributed by atoms with Gasteiger partial charge in [0.25, 0.3) is 0 Å². The molecule has 0 unspecified atom stereocenters. The summed E-state index contributed by atoms with van der Waals surface area (Å²) in [5.74, 6) is 0.915. The molecule has 0 saturated carbocycles. The largest absolute Gasteiger partial charge is 0.368 e. The van der Waals surface area contributed by atoms with Gasteiger partial charge < -0.3 is 5.32 Å². The zero-order valence-electron chi connectivity index (χ0n) is 9.57. The molecule has 0 spiro atoms. The van der Waals surface area contributed by atoms with E-state index >= 15 is 0 Å². The van der Waals surface area contributed by atoms with Crippen molar-refractivity contribution in [2.24, 2.45) is 0 Å². The number of rotatable bonds is 3. The van der Waals surface area contributed by atoms with Crippen LogP contribution in [-0.2, 0) is 0 Å². The number of anilines is 1. The van der Waals surface area contributed by atoms with E-state index in [1.807, 2.05) is 30.5 Å². The van der Waals surface area contributed by atoms with Gasteiger partial charge in [0.2, 0.25) is 0 Å². The lowest BCUT2D eigenvalue weighted by Gasteiger charge is -2.09. The summed E-state index contributed by atoms with van der Waals surface area (Å²) in [6.07, 6.45) is 1.88. The lowest BCUT2D eigenvalue weighted by atomic mass is 10.1. The van der Waals surface area contributed by atoms with Crippen LogP contribution in [-0.4, -0.2) is 11.0 Å². The average Bonchev–Trinajstić information content (AvgIpc) is 2.30. The first-order chi connectivity index (χ1) is 7.75. The van der Waals surface area contributed by atoms with Gasteiger partial charge in [0.05, 0.1) is 0 Å². The van der Waals surface area contributed by atoms with Gasteiger partial charge in [-0.25, -0.2) is 4.98 Å². The Kier molecular flexibility index (Phi) is 3.20. The van der Waals surface area contributed by atoms with Crippen LogP contribution in [0.1, 0.15) is 13.8 Å². The van der Waals surface area contributed by atoms with Crippen LogP contribution in [0.5, 0.6) is 0 Å². The maximum atomic E-state index is 4.37. The van der Waals surface area contributed by atoms with Crippen molar-refractivity contribution in [3.63, 3.8) is 0 Å². The van der Waals surface area contributed by atoms with Gasteiger partial charge in [-0.3, -0.25) is 0 Å². The summed E-state index contributed by atoms with van der Waals surface area (Å²) in [6, 6.07) is 15.4. The molecule has 2 heteroatoms. The molecule has 1 aromatic carbocycles. The molecule has 81 valence electrons. The van der Waals surface area contributed by atoms with Crippen LogP contribution in [0.15, 0.2) is 42.6 Å². The van der Waals surface area contributed by atoms with Crippen molar-refractivity contribution in [2.45, 2.75) is 19.9 Å². The smallest absolute Gasteiger partial charge is 0.126 e. The number of benzene rings is 1. The number of nitrogens with one attached hydrogen (secondary N) is 1. The highest BCUT2D eigenvalue weighted by Gasteiger charge is 1.99. The minimum atomic E-state index is 0.406. The molecular formula is C14H15N2. The van der Waals surface area contributed by atoms with Crippen LogP contribution >= 0.6 is 0 Å². The van der Waals surface area contributed by atoms with Crippen molar-refractivity contribution in [1.29, 1.82) is 0 Å². The molecule has 0 fully saturated rings. The van der Waals surface area contributed by atoms with Crippen molar-refractivity contribution in [3.8, 4) is 11.1 Å². The molecule has 1 N–H and O–H groups in total. The second-order valence-electron chi connectivity index (χ2n) is 4.02. The minimum absolute atomic E-state index is 0.406. The lowest BCUT2D eigenvalue weighted by molar-refractivity contribution is 0.889. The van der Waals surface area contributed by atoms with Crippen LogP contribution in [0, 0.1) is 6.07 Å². The van der Waals surface area contributed by atoms with Crippen LogP contribution < -0.4 is 5.32 Å². The third-order valence-corrected chi connectivity index (χ3v) is 2.24. The van der Waals surface area contributed by atoms with Crippen molar-refractivity contribution in [2.75, 3.05) is 5.32 Å². The normalized spacial score (nSPS) is 10.4. The molecule has 0 bridgehead atoms. The highest BCUT2D eigenvalue weighted by atomic mass is 15.0. The molecule has 1 heterocycles. The molecule has 1 radical (unpaired) electrons. The predicted molar refractivity (Wildman–Crippen MR) is 67.3 cm³/mol. The molecule has 1 aromatic heterocycles. The first kappa shape index (κ1) is 10.7. The Bertz CT molecular complexity index is 432. The molecule has 0 aliphatic carbocycles. The number of pyridine rings is 1. The van der Waals surface area contributed by atoms with E-state index in [1.165, 1.54) is 0 Å². The summed E-state index contributed by atoms with van der Waals surface area (Å²) < 4.78 is 0. The molecule has 0 aliphatic heterocycles. The Balaban J connectivity index is 2.20. The number of aromatic nitrogens is 1. The van der Waals surface area contributed by atoms with Crippen molar-refractivity contribution in [3.05, 3.63) is 48.7 Å². The Hall–Kier alpha value is -1.83. The van der Waals surface area contributed by atoms with E-state index in [0.717, 1.165) is 16.9 Å². The molecule has 0 atom stereocenters. The van der Waals surface area contributed by atoms with Gasteiger partial charge in [0, 0.05) is 17.8 Å². The van der Waals surface area contributed by atoms with Gasteiger partial charge in [0.1, 0.15) is 5.82 Å². The van der Waals surface area contributed by atoms with E-state index in [2.05, 4.69) is 42.3 Å². The fraction of sp³-hybridized carbons (Fsp3) is 0.214. The fourth-order valence-electron chi connectivity index (χ4n) is 1.52. The topological polar surface area (TPSA) is 24.9 Å². The summed E-state index contributed by atoms with van der Waals surface area (Å²) in [5, 5.41) is 3.26. The van der Waals surface area contributed by atoms with Gasteiger partial charge >= 0.3 is 0 Å². The highest BCUT2D eigenvalue weighted by molar-refractivity contribution is 5.63. The van der Waals surface area contributed by atoms with E-state index in [0.29, 0.717) is 6.04 Å². The highest BCUT2D eigenvalue weighted by Crippen LogP contribution is 2.18. The zero-order valence-corrected chi connectivity index (χ0v) is 9.57. The Morgan fingerprint density at radius 3 is 2.62 bits per heavy atom. The van der Waals surface area contributed by atoms with E-state index in [9.17, 15) is 0 Å². The lowest BCUT2D eigenvalue weighted by Crippen LogP contribution is -2.10. The Morgan fingerprint density at radius 1 is 1.19 bits per heavy atom. The van der Waals surface area contributed by atoms with Crippen molar-refractivity contribution >= 4 is 5.82 Å². The van der Waals surface area contributed by atoms with E-state index < -0.39 is 0 Å². The van der Waals surface area contributed by atoms with Crippen LogP contribution in [0.2, 0.25) is 0 Å². The van der Waals surface area contributed by atoms with E-state index in [1.54, 1.807) is 0 Å². The molecule has 0 amide bonds. The minimum Gasteiger partial charge on any atom is -0.368 e. The third kappa shape index (κ3) is 2.60. The van der Waals surface area contributed by atoms with Crippen molar-refractivity contribution < 1.29 is 0 Å². The summed E-state index contributed by atoms with van der Waals surface area (Å²) in [7, 11) is 0. The first-order valence-corrected chi connectivity index (χ1v) is 5.45. The van der Waals surface area contributed by atoms with E-state index in [4.69, 9.17) is 0 Å². The standard InChI is InChI=1S/C14H15N2/c1-11(2)16-14-9-8-13(10-15-14)12-6-4-3-5-7-12/h3-4,6-11H,1-2H3,(H,15,16).